The molecule has 2 nitrogen and oxygen atoms in total. The van der Waals surface area contributed by atoms with Crippen LogP contribution in [0.2, 0.25) is 0 Å². The van der Waals surface area contributed by atoms with Gasteiger partial charge in [0.15, 0.2) is 0 Å². The SMILES string of the molecule is Cc1cc(N)ccc1NC(C)CCCC(C)C. The number of rotatable bonds is 6. The molecule has 17 heavy (non-hydrogen) atoms. The Morgan fingerprint density at radius 1 is 1.18 bits per heavy atom. The Balaban J connectivity index is 2.42. The highest BCUT2D eigenvalue weighted by molar-refractivity contribution is 5.57. The molecule has 0 amide bonds. The van der Waals surface area contributed by atoms with E-state index in [9.17, 15) is 0 Å². The van der Waals surface area contributed by atoms with Crippen LogP contribution in [0.3, 0.4) is 0 Å². The molecule has 1 unspecified atom stereocenters. The molecule has 0 aromatic heterocycles. The lowest BCUT2D eigenvalue weighted by molar-refractivity contribution is 0.520. The zero-order valence-electron chi connectivity index (χ0n) is 11.6. The first-order valence-corrected chi connectivity index (χ1v) is 6.61. The highest BCUT2D eigenvalue weighted by atomic mass is 14.9. The molecule has 1 rings (SSSR count). The molecule has 0 aliphatic rings. The van der Waals surface area contributed by atoms with Gasteiger partial charge in [0.1, 0.15) is 0 Å². The van der Waals surface area contributed by atoms with Gasteiger partial charge < -0.3 is 11.1 Å². The Morgan fingerprint density at radius 2 is 1.88 bits per heavy atom. The zero-order valence-corrected chi connectivity index (χ0v) is 11.6. The second kappa shape index (κ2) is 6.53. The third kappa shape index (κ3) is 5.12. The minimum atomic E-state index is 0.524. The number of benzene rings is 1. The van der Waals surface area contributed by atoms with Crippen LogP contribution in [0.25, 0.3) is 0 Å². The topological polar surface area (TPSA) is 38.0 Å². The van der Waals surface area contributed by atoms with E-state index in [1.54, 1.807) is 0 Å². The lowest BCUT2D eigenvalue weighted by atomic mass is 10.0. The Bertz CT molecular complexity index is 345. The van der Waals surface area contributed by atoms with Crippen LogP contribution in [0.15, 0.2) is 18.2 Å². The summed E-state index contributed by atoms with van der Waals surface area (Å²) in [4.78, 5) is 0. The maximum atomic E-state index is 5.74. The lowest BCUT2D eigenvalue weighted by Crippen LogP contribution is -2.16. The van der Waals surface area contributed by atoms with Gasteiger partial charge in [-0.25, -0.2) is 0 Å². The van der Waals surface area contributed by atoms with Crippen molar-refractivity contribution in [2.45, 2.75) is 53.0 Å². The molecular weight excluding hydrogens is 208 g/mol. The van der Waals surface area contributed by atoms with Crippen molar-refractivity contribution in [3.63, 3.8) is 0 Å². The number of nitrogens with two attached hydrogens (primary N) is 1. The highest BCUT2D eigenvalue weighted by Gasteiger charge is 2.05. The van der Waals surface area contributed by atoms with Crippen LogP contribution in [0, 0.1) is 12.8 Å². The van der Waals surface area contributed by atoms with Gasteiger partial charge in [-0.05, 0) is 49.9 Å². The summed E-state index contributed by atoms with van der Waals surface area (Å²) in [7, 11) is 0. The van der Waals surface area contributed by atoms with Crippen molar-refractivity contribution >= 4 is 11.4 Å². The summed E-state index contributed by atoms with van der Waals surface area (Å²) < 4.78 is 0. The molecule has 0 aliphatic carbocycles. The largest absolute Gasteiger partial charge is 0.399 e. The third-order valence-electron chi connectivity index (χ3n) is 3.07. The van der Waals surface area contributed by atoms with E-state index in [0.29, 0.717) is 6.04 Å². The fourth-order valence-electron chi connectivity index (χ4n) is 2.02. The Kier molecular flexibility index (Phi) is 5.33. The van der Waals surface area contributed by atoms with Gasteiger partial charge in [0.2, 0.25) is 0 Å². The minimum absolute atomic E-state index is 0.524. The maximum absolute atomic E-state index is 5.74. The smallest absolute Gasteiger partial charge is 0.0373 e. The van der Waals surface area contributed by atoms with Gasteiger partial charge in [0, 0.05) is 17.4 Å². The second-order valence-corrected chi connectivity index (χ2v) is 5.44. The minimum Gasteiger partial charge on any atom is -0.399 e. The molecule has 0 spiro atoms. The van der Waals surface area contributed by atoms with E-state index in [-0.39, 0.29) is 0 Å². The van der Waals surface area contributed by atoms with Crippen molar-refractivity contribution in [1.82, 2.24) is 0 Å². The summed E-state index contributed by atoms with van der Waals surface area (Å²) in [5, 5.41) is 3.56. The van der Waals surface area contributed by atoms with Crippen molar-refractivity contribution in [2.24, 2.45) is 5.92 Å². The van der Waals surface area contributed by atoms with Gasteiger partial charge in [-0.3, -0.25) is 0 Å². The summed E-state index contributed by atoms with van der Waals surface area (Å²) in [6, 6.07) is 6.57. The fourth-order valence-corrected chi connectivity index (χ4v) is 2.02. The Labute approximate surface area is 106 Å². The summed E-state index contributed by atoms with van der Waals surface area (Å²) in [5.41, 5.74) is 9.01. The molecule has 0 radical (unpaired) electrons. The van der Waals surface area contributed by atoms with Crippen molar-refractivity contribution in [3.05, 3.63) is 23.8 Å². The van der Waals surface area contributed by atoms with Crippen LogP contribution in [0.4, 0.5) is 11.4 Å². The van der Waals surface area contributed by atoms with E-state index >= 15 is 0 Å². The van der Waals surface area contributed by atoms with Crippen LogP contribution in [0.1, 0.15) is 45.6 Å². The molecule has 0 saturated carbocycles. The van der Waals surface area contributed by atoms with Gasteiger partial charge in [-0.2, -0.15) is 0 Å². The normalized spacial score (nSPS) is 12.8. The molecule has 0 bridgehead atoms. The molecule has 1 atom stereocenters. The average Bonchev–Trinajstić information content (AvgIpc) is 2.21. The lowest BCUT2D eigenvalue weighted by Gasteiger charge is -2.17. The van der Waals surface area contributed by atoms with Crippen molar-refractivity contribution in [1.29, 1.82) is 0 Å². The van der Waals surface area contributed by atoms with Gasteiger partial charge in [0.25, 0.3) is 0 Å². The molecule has 3 N–H and O–H groups in total. The first kappa shape index (κ1) is 13.9. The third-order valence-corrected chi connectivity index (χ3v) is 3.07. The van der Waals surface area contributed by atoms with Gasteiger partial charge >= 0.3 is 0 Å². The molecule has 1 aromatic rings. The molecule has 1 aromatic carbocycles. The summed E-state index contributed by atoms with van der Waals surface area (Å²) in [5.74, 6) is 0.806. The molecule has 0 saturated heterocycles. The highest BCUT2D eigenvalue weighted by Crippen LogP contribution is 2.20. The number of anilines is 2. The molecule has 2 heteroatoms. The van der Waals surface area contributed by atoms with Crippen molar-refractivity contribution < 1.29 is 0 Å². The van der Waals surface area contributed by atoms with Crippen LogP contribution in [-0.4, -0.2) is 6.04 Å². The van der Waals surface area contributed by atoms with Crippen molar-refractivity contribution in [2.75, 3.05) is 11.1 Å². The quantitative estimate of drug-likeness (QED) is 0.724. The molecule has 96 valence electrons. The standard InChI is InChI=1S/C15H26N2/c1-11(2)6-5-7-13(4)17-15-9-8-14(16)10-12(15)3/h8-11,13,17H,5-7,16H2,1-4H3. The number of aryl methyl sites for hydroxylation is 1. The first-order valence-electron chi connectivity index (χ1n) is 6.61. The monoisotopic (exact) mass is 234 g/mol. The second-order valence-electron chi connectivity index (χ2n) is 5.44. The van der Waals surface area contributed by atoms with E-state index in [0.717, 1.165) is 11.6 Å². The average molecular weight is 234 g/mol. The first-order chi connectivity index (χ1) is 7.99. The molecular formula is C15H26N2. The Hall–Kier alpha value is -1.18. The van der Waals surface area contributed by atoms with Crippen LogP contribution < -0.4 is 11.1 Å². The fraction of sp³-hybridized carbons (Fsp3) is 0.600. The van der Waals surface area contributed by atoms with E-state index in [4.69, 9.17) is 5.73 Å². The maximum Gasteiger partial charge on any atom is 0.0373 e. The molecule has 0 heterocycles. The Morgan fingerprint density at radius 3 is 2.47 bits per heavy atom. The van der Waals surface area contributed by atoms with E-state index in [2.05, 4.69) is 39.1 Å². The van der Waals surface area contributed by atoms with Crippen LogP contribution in [0.5, 0.6) is 0 Å². The summed E-state index contributed by atoms with van der Waals surface area (Å²) >= 11 is 0. The van der Waals surface area contributed by atoms with Crippen LogP contribution >= 0.6 is 0 Å². The van der Waals surface area contributed by atoms with Crippen LogP contribution in [-0.2, 0) is 0 Å². The number of nitrogens with one attached hydrogen (secondary N) is 1. The summed E-state index contributed by atoms with van der Waals surface area (Å²) in [6.07, 6.45) is 3.83. The van der Waals surface area contributed by atoms with E-state index in [1.165, 1.54) is 30.5 Å². The van der Waals surface area contributed by atoms with E-state index < -0.39 is 0 Å². The predicted molar refractivity (Wildman–Crippen MR) is 77.4 cm³/mol. The summed E-state index contributed by atoms with van der Waals surface area (Å²) in [6.45, 7) is 8.90. The zero-order chi connectivity index (χ0) is 12.8. The van der Waals surface area contributed by atoms with E-state index in [1.807, 2.05) is 12.1 Å². The van der Waals surface area contributed by atoms with Gasteiger partial charge in [-0.15, -0.1) is 0 Å². The van der Waals surface area contributed by atoms with Crippen molar-refractivity contribution in [3.8, 4) is 0 Å². The van der Waals surface area contributed by atoms with Gasteiger partial charge in [-0.1, -0.05) is 26.7 Å². The molecule has 0 aliphatic heterocycles. The molecule has 0 fully saturated rings. The number of hydrogen-bond acceptors (Lipinski definition) is 2. The number of hydrogen-bond donors (Lipinski definition) is 2. The number of nitrogen functional groups attached to an aromatic ring is 1. The predicted octanol–water partition coefficient (Wildman–Crippen LogP) is 4.20. The van der Waals surface area contributed by atoms with Gasteiger partial charge in [0.05, 0.1) is 0 Å².